The topological polar surface area (TPSA) is 26.3 Å². The third-order valence-electron chi connectivity index (χ3n) is 2.93. The molecule has 0 aromatic rings. The average Bonchev–Trinajstić information content (AvgIpc) is 2.53. The molecular formula is C12H22O2. The van der Waals surface area contributed by atoms with Gasteiger partial charge in [-0.25, -0.2) is 0 Å². The second kappa shape index (κ2) is 4.92. The lowest BCUT2D eigenvalue weighted by Gasteiger charge is -2.28. The van der Waals surface area contributed by atoms with E-state index in [9.17, 15) is 4.79 Å². The monoisotopic (exact) mass is 198 g/mol. The first-order valence-corrected chi connectivity index (χ1v) is 5.78. The van der Waals surface area contributed by atoms with Crippen LogP contribution in [0.4, 0.5) is 0 Å². The predicted molar refractivity (Wildman–Crippen MR) is 57.3 cm³/mol. The quantitative estimate of drug-likeness (QED) is 0.679. The van der Waals surface area contributed by atoms with Crippen molar-refractivity contribution in [2.75, 3.05) is 6.61 Å². The molecule has 1 aliphatic rings. The first-order chi connectivity index (χ1) is 6.60. The molecule has 0 amide bonds. The predicted octanol–water partition coefficient (Wildman–Crippen LogP) is 2.95. The maximum absolute atomic E-state index is 12.0. The molecule has 0 aromatic carbocycles. The molecule has 14 heavy (non-hydrogen) atoms. The third kappa shape index (κ3) is 2.57. The summed E-state index contributed by atoms with van der Waals surface area (Å²) in [6.07, 6.45) is 4.83. The Labute approximate surface area is 87.0 Å². The van der Waals surface area contributed by atoms with Crippen molar-refractivity contribution in [2.45, 2.75) is 58.5 Å². The number of rotatable bonds is 5. The van der Waals surface area contributed by atoms with Gasteiger partial charge in [0, 0.05) is 13.0 Å². The van der Waals surface area contributed by atoms with Crippen LogP contribution in [0, 0.1) is 5.92 Å². The van der Waals surface area contributed by atoms with E-state index in [0.29, 0.717) is 24.7 Å². The lowest BCUT2D eigenvalue weighted by molar-refractivity contribution is -0.144. The van der Waals surface area contributed by atoms with Gasteiger partial charge in [0.15, 0.2) is 5.78 Å². The zero-order valence-electron chi connectivity index (χ0n) is 9.64. The summed E-state index contributed by atoms with van der Waals surface area (Å²) < 4.78 is 5.70. The molecule has 82 valence electrons. The summed E-state index contributed by atoms with van der Waals surface area (Å²) in [5.74, 6) is 0.771. The van der Waals surface area contributed by atoms with Crippen molar-refractivity contribution in [2.24, 2.45) is 5.92 Å². The molecule has 2 heteroatoms. The van der Waals surface area contributed by atoms with E-state index in [1.165, 1.54) is 0 Å². The van der Waals surface area contributed by atoms with Crippen molar-refractivity contribution in [3.05, 3.63) is 0 Å². The maximum Gasteiger partial charge on any atom is 0.164 e. The molecule has 0 heterocycles. The van der Waals surface area contributed by atoms with Gasteiger partial charge in [0.1, 0.15) is 5.60 Å². The average molecular weight is 198 g/mol. The fourth-order valence-electron chi connectivity index (χ4n) is 2.28. The Morgan fingerprint density at radius 2 is 1.93 bits per heavy atom. The SMILES string of the molecule is CCOC1(C(=O)CC(C)C)CCCC1. The third-order valence-corrected chi connectivity index (χ3v) is 2.93. The smallest absolute Gasteiger partial charge is 0.164 e. The molecular weight excluding hydrogens is 176 g/mol. The number of ketones is 1. The molecule has 0 spiro atoms. The minimum Gasteiger partial charge on any atom is -0.368 e. The van der Waals surface area contributed by atoms with Gasteiger partial charge in [-0.15, -0.1) is 0 Å². The van der Waals surface area contributed by atoms with Crippen molar-refractivity contribution in [1.29, 1.82) is 0 Å². The van der Waals surface area contributed by atoms with E-state index < -0.39 is 5.60 Å². The highest BCUT2D eigenvalue weighted by Gasteiger charge is 2.41. The van der Waals surface area contributed by atoms with Crippen LogP contribution in [0.25, 0.3) is 0 Å². The van der Waals surface area contributed by atoms with E-state index in [-0.39, 0.29) is 0 Å². The van der Waals surface area contributed by atoms with E-state index >= 15 is 0 Å². The molecule has 0 aliphatic heterocycles. The zero-order chi connectivity index (χ0) is 10.6. The Balaban J connectivity index is 2.62. The number of carbonyl (C=O) groups is 1. The fraction of sp³-hybridized carbons (Fsp3) is 0.917. The van der Waals surface area contributed by atoms with E-state index in [2.05, 4.69) is 13.8 Å². The Hall–Kier alpha value is -0.370. The Morgan fingerprint density at radius 1 is 1.36 bits per heavy atom. The number of Topliss-reactive ketones (excluding diaryl/α,β-unsaturated/α-hetero) is 1. The maximum atomic E-state index is 12.0. The second-order valence-corrected chi connectivity index (χ2v) is 4.66. The number of hydrogen-bond donors (Lipinski definition) is 0. The van der Waals surface area contributed by atoms with Gasteiger partial charge < -0.3 is 4.74 Å². The van der Waals surface area contributed by atoms with Gasteiger partial charge in [-0.1, -0.05) is 13.8 Å². The Morgan fingerprint density at radius 3 is 2.36 bits per heavy atom. The van der Waals surface area contributed by atoms with Gasteiger partial charge in [0.25, 0.3) is 0 Å². The molecule has 2 nitrogen and oxygen atoms in total. The van der Waals surface area contributed by atoms with Crippen LogP contribution in [-0.4, -0.2) is 18.0 Å². The van der Waals surface area contributed by atoms with Gasteiger partial charge in [-0.2, -0.15) is 0 Å². The molecule has 0 aromatic heterocycles. The second-order valence-electron chi connectivity index (χ2n) is 4.66. The van der Waals surface area contributed by atoms with Crippen molar-refractivity contribution < 1.29 is 9.53 Å². The first kappa shape index (κ1) is 11.7. The highest BCUT2D eigenvalue weighted by atomic mass is 16.5. The van der Waals surface area contributed by atoms with Gasteiger partial charge in [0.05, 0.1) is 0 Å². The summed E-state index contributed by atoms with van der Waals surface area (Å²) in [6, 6.07) is 0. The van der Waals surface area contributed by atoms with Crippen LogP contribution in [0.15, 0.2) is 0 Å². The van der Waals surface area contributed by atoms with Crippen LogP contribution in [0.2, 0.25) is 0 Å². The molecule has 0 unspecified atom stereocenters. The Bertz CT molecular complexity index is 190. The van der Waals surface area contributed by atoms with E-state index in [1.54, 1.807) is 0 Å². The summed E-state index contributed by atoms with van der Waals surface area (Å²) in [5.41, 5.74) is -0.404. The molecule has 1 fully saturated rings. The van der Waals surface area contributed by atoms with Gasteiger partial charge in [-0.05, 0) is 38.5 Å². The van der Waals surface area contributed by atoms with Crippen LogP contribution in [0.5, 0.6) is 0 Å². The molecule has 1 saturated carbocycles. The van der Waals surface area contributed by atoms with Crippen molar-refractivity contribution in [3.63, 3.8) is 0 Å². The summed E-state index contributed by atoms with van der Waals surface area (Å²) in [5, 5.41) is 0. The molecule has 0 N–H and O–H groups in total. The van der Waals surface area contributed by atoms with E-state index in [0.717, 1.165) is 25.7 Å². The molecule has 0 saturated heterocycles. The van der Waals surface area contributed by atoms with Gasteiger partial charge >= 0.3 is 0 Å². The Kier molecular flexibility index (Phi) is 4.11. The van der Waals surface area contributed by atoms with Gasteiger partial charge in [-0.3, -0.25) is 4.79 Å². The van der Waals surface area contributed by atoms with Crippen LogP contribution in [0.3, 0.4) is 0 Å². The molecule has 1 rings (SSSR count). The lowest BCUT2D eigenvalue weighted by Crippen LogP contribution is -2.39. The van der Waals surface area contributed by atoms with Crippen LogP contribution < -0.4 is 0 Å². The standard InChI is InChI=1S/C12H22O2/c1-4-14-12(7-5-6-8-12)11(13)9-10(2)3/h10H,4-9H2,1-3H3. The largest absolute Gasteiger partial charge is 0.368 e. The van der Waals surface area contributed by atoms with E-state index in [4.69, 9.17) is 4.74 Å². The van der Waals surface area contributed by atoms with Crippen molar-refractivity contribution in [3.8, 4) is 0 Å². The van der Waals surface area contributed by atoms with E-state index in [1.807, 2.05) is 6.92 Å². The summed E-state index contributed by atoms with van der Waals surface area (Å²) in [6.45, 7) is 6.81. The lowest BCUT2D eigenvalue weighted by atomic mass is 9.90. The minimum atomic E-state index is -0.404. The summed E-state index contributed by atoms with van der Waals surface area (Å²) in [4.78, 5) is 12.0. The first-order valence-electron chi connectivity index (χ1n) is 5.78. The molecule has 0 atom stereocenters. The van der Waals surface area contributed by atoms with Crippen LogP contribution in [0.1, 0.15) is 52.9 Å². The molecule has 1 aliphatic carbocycles. The normalized spacial score (nSPS) is 20.3. The number of hydrogen-bond acceptors (Lipinski definition) is 2. The minimum absolute atomic E-state index is 0.326. The molecule has 0 bridgehead atoms. The van der Waals surface area contributed by atoms with Crippen LogP contribution in [-0.2, 0) is 9.53 Å². The summed E-state index contributed by atoms with van der Waals surface area (Å²) >= 11 is 0. The van der Waals surface area contributed by atoms with Crippen molar-refractivity contribution >= 4 is 5.78 Å². The number of carbonyl (C=O) groups excluding carboxylic acids is 1. The summed E-state index contributed by atoms with van der Waals surface area (Å²) in [7, 11) is 0. The fourth-order valence-corrected chi connectivity index (χ4v) is 2.28. The van der Waals surface area contributed by atoms with Gasteiger partial charge in [0.2, 0.25) is 0 Å². The highest BCUT2D eigenvalue weighted by molar-refractivity contribution is 5.87. The van der Waals surface area contributed by atoms with Crippen molar-refractivity contribution in [1.82, 2.24) is 0 Å². The molecule has 0 radical (unpaired) electrons. The van der Waals surface area contributed by atoms with Crippen LogP contribution >= 0.6 is 0 Å². The number of ether oxygens (including phenoxy) is 1. The zero-order valence-corrected chi connectivity index (χ0v) is 9.64. The highest BCUT2D eigenvalue weighted by Crippen LogP contribution is 2.35.